The molecule has 3 heteroatoms. The van der Waals surface area contributed by atoms with Crippen molar-refractivity contribution in [2.75, 3.05) is 14.2 Å². The number of benzene rings is 1. The maximum atomic E-state index is 12.8. The van der Waals surface area contributed by atoms with Gasteiger partial charge in [-0.05, 0) is 36.5 Å². The van der Waals surface area contributed by atoms with Gasteiger partial charge in [0.15, 0.2) is 17.3 Å². The molecule has 1 fully saturated rings. The lowest BCUT2D eigenvalue weighted by Crippen LogP contribution is -2.34. The molecule has 1 atom stereocenters. The van der Waals surface area contributed by atoms with Crippen molar-refractivity contribution < 1.29 is 14.3 Å². The highest BCUT2D eigenvalue weighted by Gasteiger charge is 2.37. The Morgan fingerprint density at radius 2 is 1.85 bits per heavy atom. The Morgan fingerprint density at radius 3 is 2.45 bits per heavy atom. The van der Waals surface area contributed by atoms with E-state index in [1.54, 1.807) is 20.3 Å². The van der Waals surface area contributed by atoms with Gasteiger partial charge in [0.2, 0.25) is 0 Å². The zero-order valence-corrected chi connectivity index (χ0v) is 12.9. The smallest absolute Gasteiger partial charge is 0.166 e. The van der Waals surface area contributed by atoms with E-state index in [1.165, 1.54) is 6.42 Å². The summed E-state index contributed by atoms with van der Waals surface area (Å²) < 4.78 is 10.5. The van der Waals surface area contributed by atoms with E-state index >= 15 is 0 Å². The van der Waals surface area contributed by atoms with Crippen LogP contribution in [0.25, 0.3) is 0 Å². The predicted octanol–water partition coefficient (Wildman–Crippen LogP) is 4.10. The third-order valence-corrected chi connectivity index (χ3v) is 4.49. The van der Waals surface area contributed by atoms with Crippen molar-refractivity contribution in [1.29, 1.82) is 0 Å². The summed E-state index contributed by atoms with van der Waals surface area (Å²) in [5, 5.41) is 0. The standard InChI is InChI=1S/C17H24O3/c1-17(2)10-6-5-7-13(17)16(18)12-8-9-14(19-3)15(11-12)20-4/h8-9,11,13H,5-7,10H2,1-4H3. The van der Waals surface area contributed by atoms with Crippen LogP contribution in [-0.4, -0.2) is 20.0 Å². The van der Waals surface area contributed by atoms with Crippen molar-refractivity contribution in [2.24, 2.45) is 11.3 Å². The van der Waals surface area contributed by atoms with Gasteiger partial charge < -0.3 is 9.47 Å². The number of carbonyl (C=O) groups excluding carboxylic acids is 1. The third-order valence-electron chi connectivity index (χ3n) is 4.49. The molecule has 0 bridgehead atoms. The van der Waals surface area contributed by atoms with Crippen molar-refractivity contribution in [3.8, 4) is 11.5 Å². The highest BCUT2D eigenvalue weighted by molar-refractivity contribution is 5.99. The van der Waals surface area contributed by atoms with Crippen LogP contribution in [0.4, 0.5) is 0 Å². The van der Waals surface area contributed by atoms with Crippen LogP contribution >= 0.6 is 0 Å². The molecule has 1 aromatic carbocycles. The van der Waals surface area contributed by atoms with Gasteiger partial charge in [-0.2, -0.15) is 0 Å². The average molecular weight is 276 g/mol. The molecule has 1 aromatic rings. The molecule has 0 aliphatic heterocycles. The second-order valence-corrected chi connectivity index (χ2v) is 6.22. The third kappa shape index (κ3) is 2.82. The molecule has 0 radical (unpaired) electrons. The van der Waals surface area contributed by atoms with E-state index < -0.39 is 0 Å². The SMILES string of the molecule is COc1ccc(C(=O)C2CCCCC2(C)C)cc1OC. The monoisotopic (exact) mass is 276 g/mol. The molecular formula is C17H24O3. The average Bonchev–Trinajstić information content (AvgIpc) is 2.45. The topological polar surface area (TPSA) is 35.5 Å². The highest BCUT2D eigenvalue weighted by Crippen LogP contribution is 2.42. The summed E-state index contributed by atoms with van der Waals surface area (Å²) in [6, 6.07) is 5.45. The van der Waals surface area contributed by atoms with Gasteiger partial charge in [-0.3, -0.25) is 4.79 Å². The van der Waals surface area contributed by atoms with Crippen molar-refractivity contribution in [3.05, 3.63) is 23.8 Å². The molecule has 110 valence electrons. The van der Waals surface area contributed by atoms with Crippen LogP contribution in [0.5, 0.6) is 11.5 Å². The molecule has 2 rings (SSSR count). The lowest BCUT2D eigenvalue weighted by Gasteiger charge is -2.37. The molecule has 1 aliphatic carbocycles. The van der Waals surface area contributed by atoms with Gasteiger partial charge in [0.05, 0.1) is 14.2 Å². The van der Waals surface area contributed by atoms with Crippen LogP contribution in [0.15, 0.2) is 18.2 Å². The number of hydrogen-bond acceptors (Lipinski definition) is 3. The minimum atomic E-state index is 0.0858. The van der Waals surface area contributed by atoms with Crippen molar-refractivity contribution in [2.45, 2.75) is 39.5 Å². The van der Waals surface area contributed by atoms with Crippen LogP contribution < -0.4 is 9.47 Å². The van der Waals surface area contributed by atoms with E-state index in [1.807, 2.05) is 12.1 Å². The van der Waals surface area contributed by atoms with Gasteiger partial charge in [-0.15, -0.1) is 0 Å². The number of rotatable bonds is 4. The molecule has 1 saturated carbocycles. The Labute approximate surface area is 121 Å². The van der Waals surface area contributed by atoms with Crippen molar-refractivity contribution in [3.63, 3.8) is 0 Å². The second-order valence-electron chi connectivity index (χ2n) is 6.22. The van der Waals surface area contributed by atoms with E-state index in [2.05, 4.69) is 13.8 Å². The van der Waals surface area contributed by atoms with Gasteiger partial charge in [0.1, 0.15) is 0 Å². The summed E-state index contributed by atoms with van der Waals surface area (Å²) in [6.45, 7) is 4.41. The fourth-order valence-corrected chi connectivity index (χ4v) is 3.17. The first kappa shape index (κ1) is 14.9. The Kier molecular flexibility index (Phi) is 4.36. The molecule has 0 spiro atoms. The molecule has 0 saturated heterocycles. The highest BCUT2D eigenvalue weighted by atomic mass is 16.5. The fourth-order valence-electron chi connectivity index (χ4n) is 3.17. The van der Waals surface area contributed by atoms with Crippen molar-refractivity contribution >= 4 is 5.78 Å². The number of ether oxygens (including phenoxy) is 2. The Balaban J connectivity index is 2.29. The number of Topliss-reactive ketones (excluding diaryl/α,β-unsaturated/α-hetero) is 1. The van der Waals surface area contributed by atoms with Gasteiger partial charge in [0.25, 0.3) is 0 Å². The first-order chi connectivity index (χ1) is 9.49. The fraction of sp³-hybridized carbons (Fsp3) is 0.588. The summed E-state index contributed by atoms with van der Waals surface area (Å²) in [7, 11) is 3.19. The van der Waals surface area contributed by atoms with E-state index in [0.29, 0.717) is 11.5 Å². The molecule has 0 heterocycles. The molecule has 3 nitrogen and oxygen atoms in total. The zero-order chi connectivity index (χ0) is 14.8. The quantitative estimate of drug-likeness (QED) is 0.777. The molecule has 0 aromatic heterocycles. The summed E-state index contributed by atoms with van der Waals surface area (Å²) >= 11 is 0. The summed E-state index contributed by atoms with van der Waals surface area (Å²) in [4.78, 5) is 12.8. The lowest BCUT2D eigenvalue weighted by atomic mass is 9.66. The number of ketones is 1. The van der Waals surface area contributed by atoms with E-state index in [4.69, 9.17) is 9.47 Å². The first-order valence-electron chi connectivity index (χ1n) is 7.26. The van der Waals surface area contributed by atoms with Gasteiger partial charge in [-0.1, -0.05) is 26.7 Å². The van der Waals surface area contributed by atoms with E-state index in [9.17, 15) is 4.79 Å². The number of hydrogen-bond donors (Lipinski definition) is 0. The first-order valence-corrected chi connectivity index (χ1v) is 7.26. The summed E-state index contributed by atoms with van der Waals surface area (Å²) in [5.41, 5.74) is 0.810. The van der Waals surface area contributed by atoms with Crippen LogP contribution in [0.3, 0.4) is 0 Å². The predicted molar refractivity (Wildman–Crippen MR) is 79.6 cm³/mol. The minimum absolute atomic E-state index is 0.0858. The van der Waals surface area contributed by atoms with Gasteiger partial charge in [0, 0.05) is 11.5 Å². The van der Waals surface area contributed by atoms with Crippen LogP contribution in [0.2, 0.25) is 0 Å². The zero-order valence-electron chi connectivity index (χ0n) is 12.9. The van der Waals surface area contributed by atoms with Gasteiger partial charge >= 0.3 is 0 Å². The largest absolute Gasteiger partial charge is 0.493 e. The Hall–Kier alpha value is -1.51. The van der Waals surface area contributed by atoms with Crippen LogP contribution in [-0.2, 0) is 0 Å². The van der Waals surface area contributed by atoms with E-state index in [0.717, 1.165) is 24.8 Å². The molecular weight excluding hydrogens is 252 g/mol. The molecule has 0 N–H and O–H groups in total. The molecule has 20 heavy (non-hydrogen) atoms. The Morgan fingerprint density at radius 1 is 1.15 bits per heavy atom. The maximum absolute atomic E-state index is 12.8. The number of carbonyl (C=O) groups is 1. The molecule has 1 unspecified atom stereocenters. The molecule has 0 amide bonds. The summed E-state index contributed by atoms with van der Waals surface area (Å²) in [5.74, 6) is 1.61. The van der Waals surface area contributed by atoms with Crippen LogP contribution in [0, 0.1) is 11.3 Å². The minimum Gasteiger partial charge on any atom is -0.493 e. The Bertz CT molecular complexity index is 491. The maximum Gasteiger partial charge on any atom is 0.166 e. The lowest BCUT2D eigenvalue weighted by molar-refractivity contribution is 0.0697. The van der Waals surface area contributed by atoms with Gasteiger partial charge in [-0.25, -0.2) is 0 Å². The molecule has 1 aliphatic rings. The summed E-state index contributed by atoms with van der Waals surface area (Å²) in [6.07, 6.45) is 4.48. The number of methoxy groups -OCH3 is 2. The van der Waals surface area contributed by atoms with Crippen molar-refractivity contribution in [1.82, 2.24) is 0 Å². The van der Waals surface area contributed by atoms with Crippen LogP contribution in [0.1, 0.15) is 49.9 Å². The van der Waals surface area contributed by atoms with E-state index in [-0.39, 0.29) is 17.1 Å². The second kappa shape index (κ2) is 5.86. The normalized spacial score (nSPS) is 21.3.